The molecule has 1 fully saturated rings. The lowest BCUT2D eigenvalue weighted by Gasteiger charge is -2.31. The first-order valence-electron chi connectivity index (χ1n) is 5.72. The Kier molecular flexibility index (Phi) is 3.75. The zero-order valence-electron chi connectivity index (χ0n) is 10.2. The van der Waals surface area contributed by atoms with E-state index in [9.17, 15) is 4.79 Å². The Labute approximate surface area is 101 Å². The van der Waals surface area contributed by atoms with Gasteiger partial charge < -0.3 is 14.6 Å². The summed E-state index contributed by atoms with van der Waals surface area (Å²) in [4.78, 5) is 18.0. The number of carbonyl (C=O) groups is 1. The molecule has 6 heteroatoms. The van der Waals surface area contributed by atoms with E-state index in [1.165, 1.54) is 0 Å². The minimum atomic E-state index is -0.367. The molecule has 1 N–H and O–H groups in total. The lowest BCUT2D eigenvalue weighted by atomic mass is 10.2. The minimum Gasteiger partial charge on any atom is -0.366 e. The molecule has 2 rings (SSSR count). The molecule has 17 heavy (non-hydrogen) atoms. The van der Waals surface area contributed by atoms with Crippen LogP contribution in [0.3, 0.4) is 0 Å². The molecule has 0 bridgehead atoms. The summed E-state index contributed by atoms with van der Waals surface area (Å²) in [5, 5.41) is 2.61. The van der Waals surface area contributed by atoms with Crippen molar-refractivity contribution in [3.63, 3.8) is 0 Å². The number of rotatable bonds is 3. The van der Waals surface area contributed by atoms with Crippen LogP contribution in [0.15, 0.2) is 12.4 Å². The fourth-order valence-corrected chi connectivity index (χ4v) is 1.91. The van der Waals surface area contributed by atoms with Gasteiger partial charge in [0.25, 0.3) is 0 Å². The van der Waals surface area contributed by atoms with Gasteiger partial charge in [0.15, 0.2) is 0 Å². The van der Waals surface area contributed by atoms with Crippen LogP contribution in [-0.2, 0) is 23.1 Å². The molecule has 1 aromatic heterocycles. The number of hydrogen-bond donors (Lipinski definition) is 1. The van der Waals surface area contributed by atoms with Crippen molar-refractivity contribution in [1.82, 2.24) is 19.8 Å². The highest BCUT2D eigenvalue weighted by atomic mass is 16.5. The maximum Gasteiger partial charge on any atom is 0.250 e. The Bertz CT molecular complexity index is 391. The molecule has 1 aliphatic heterocycles. The molecule has 0 radical (unpaired) electrons. The zero-order chi connectivity index (χ0) is 12.3. The summed E-state index contributed by atoms with van der Waals surface area (Å²) in [6.45, 7) is 2.79. The first-order chi connectivity index (χ1) is 8.20. The van der Waals surface area contributed by atoms with Crippen molar-refractivity contribution in [3.05, 3.63) is 18.2 Å². The van der Waals surface area contributed by atoms with Crippen molar-refractivity contribution in [2.24, 2.45) is 7.05 Å². The smallest absolute Gasteiger partial charge is 0.250 e. The zero-order valence-corrected chi connectivity index (χ0v) is 10.2. The molecule has 6 nitrogen and oxygen atoms in total. The van der Waals surface area contributed by atoms with E-state index in [0.717, 1.165) is 18.9 Å². The van der Waals surface area contributed by atoms with Crippen LogP contribution in [0.5, 0.6) is 0 Å². The van der Waals surface area contributed by atoms with Gasteiger partial charge in [-0.05, 0) is 0 Å². The van der Waals surface area contributed by atoms with Crippen molar-refractivity contribution in [3.8, 4) is 0 Å². The maximum absolute atomic E-state index is 11.5. The minimum absolute atomic E-state index is 0.0606. The van der Waals surface area contributed by atoms with Crippen molar-refractivity contribution >= 4 is 5.91 Å². The third-order valence-electron chi connectivity index (χ3n) is 2.98. The number of amides is 1. The Hall–Kier alpha value is -1.40. The highest BCUT2D eigenvalue weighted by Crippen LogP contribution is 2.09. The Morgan fingerprint density at radius 1 is 1.71 bits per heavy atom. The van der Waals surface area contributed by atoms with Gasteiger partial charge in [0.2, 0.25) is 5.91 Å². The molecular weight excluding hydrogens is 220 g/mol. The summed E-state index contributed by atoms with van der Waals surface area (Å²) >= 11 is 0. The third kappa shape index (κ3) is 2.83. The predicted molar refractivity (Wildman–Crippen MR) is 62.3 cm³/mol. The van der Waals surface area contributed by atoms with Crippen molar-refractivity contribution in [2.45, 2.75) is 12.6 Å². The number of aromatic nitrogens is 2. The van der Waals surface area contributed by atoms with Crippen LogP contribution < -0.4 is 5.32 Å². The number of likely N-dealkylation sites (N-methyl/N-ethyl adjacent to an activating group) is 1. The van der Waals surface area contributed by atoms with E-state index in [4.69, 9.17) is 4.74 Å². The molecule has 1 saturated heterocycles. The largest absolute Gasteiger partial charge is 0.366 e. The van der Waals surface area contributed by atoms with Gasteiger partial charge in [0, 0.05) is 39.6 Å². The summed E-state index contributed by atoms with van der Waals surface area (Å²) in [5.74, 6) is 0.942. The molecule has 94 valence electrons. The lowest BCUT2D eigenvalue weighted by molar-refractivity contribution is -0.138. The Morgan fingerprint density at radius 3 is 3.18 bits per heavy atom. The summed E-state index contributed by atoms with van der Waals surface area (Å²) in [6.07, 6.45) is 3.34. The van der Waals surface area contributed by atoms with E-state index in [2.05, 4.69) is 15.2 Å². The van der Waals surface area contributed by atoms with E-state index >= 15 is 0 Å². The molecule has 0 saturated carbocycles. The second-order valence-electron chi connectivity index (χ2n) is 4.16. The molecule has 0 spiro atoms. The lowest BCUT2D eigenvalue weighted by Crippen LogP contribution is -2.48. The Balaban J connectivity index is 1.94. The summed E-state index contributed by atoms with van der Waals surface area (Å²) in [7, 11) is 3.60. The molecular formula is C11H18N4O2. The average molecular weight is 238 g/mol. The van der Waals surface area contributed by atoms with Crippen molar-refractivity contribution in [1.29, 1.82) is 0 Å². The predicted octanol–water partition coefficient (Wildman–Crippen LogP) is -0.633. The van der Waals surface area contributed by atoms with Crippen LogP contribution in [0.1, 0.15) is 5.82 Å². The second-order valence-corrected chi connectivity index (χ2v) is 4.16. The molecule has 1 atom stereocenters. The molecule has 2 heterocycles. The molecule has 1 aliphatic rings. The van der Waals surface area contributed by atoms with Gasteiger partial charge in [0.05, 0.1) is 13.2 Å². The summed E-state index contributed by atoms with van der Waals surface area (Å²) in [5.41, 5.74) is 0. The van der Waals surface area contributed by atoms with E-state index in [0.29, 0.717) is 13.2 Å². The van der Waals surface area contributed by atoms with Gasteiger partial charge in [-0.3, -0.25) is 9.69 Å². The topological polar surface area (TPSA) is 59.4 Å². The van der Waals surface area contributed by atoms with E-state index in [1.54, 1.807) is 13.2 Å². The van der Waals surface area contributed by atoms with E-state index in [-0.39, 0.29) is 12.0 Å². The van der Waals surface area contributed by atoms with Crippen LogP contribution in [-0.4, -0.2) is 53.2 Å². The van der Waals surface area contributed by atoms with Gasteiger partial charge in [-0.2, -0.15) is 0 Å². The van der Waals surface area contributed by atoms with Crippen LogP contribution in [0, 0.1) is 0 Å². The van der Waals surface area contributed by atoms with E-state index < -0.39 is 0 Å². The number of nitrogens with one attached hydrogen (secondary N) is 1. The number of imidazole rings is 1. The number of hydrogen-bond acceptors (Lipinski definition) is 4. The highest BCUT2D eigenvalue weighted by Gasteiger charge is 2.26. The molecule has 0 aromatic carbocycles. The van der Waals surface area contributed by atoms with Crippen LogP contribution in [0.25, 0.3) is 0 Å². The molecule has 1 amide bonds. The van der Waals surface area contributed by atoms with Gasteiger partial charge in [-0.1, -0.05) is 0 Å². The van der Waals surface area contributed by atoms with Crippen LogP contribution in [0.4, 0.5) is 0 Å². The summed E-state index contributed by atoms with van der Waals surface area (Å²) in [6, 6.07) is 0. The molecule has 0 aliphatic carbocycles. The van der Waals surface area contributed by atoms with Crippen LogP contribution >= 0.6 is 0 Å². The number of ether oxygens (including phenoxy) is 1. The first kappa shape index (κ1) is 12.1. The third-order valence-corrected chi connectivity index (χ3v) is 2.98. The number of nitrogens with zero attached hydrogens (tertiary/aromatic N) is 3. The fraction of sp³-hybridized carbons (Fsp3) is 0.636. The molecule has 1 aromatic rings. The fourth-order valence-electron chi connectivity index (χ4n) is 1.91. The Morgan fingerprint density at radius 2 is 2.53 bits per heavy atom. The number of morpholine rings is 1. The van der Waals surface area contributed by atoms with Gasteiger partial charge in [-0.15, -0.1) is 0 Å². The van der Waals surface area contributed by atoms with Crippen LogP contribution in [0.2, 0.25) is 0 Å². The molecule has 0 unspecified atom stereocenters. The monoisotopic (exact) mass is 238 g/mol. The maximum atomic E-state index is 11.5. The number of aryl methyl sites for hydroxylation is 1. The number of carbonyl (C=O) groups excluding carboxylic acids is 1. The van der Waals surface area contributed by atoms with Gasteiger partial charge >= 0.3 is 0 Å². The standard InChI is InChI=1S/C11H18N4O2/c1-12-11(16)9-7-15(5-6-17-9)8-10-13-3-4-14(10)2/h3-4,9H,5-8H2,1-2H3,(H,12,16)/t9-/m0/s1. The van der Waals surface area contributed by atoms with Gasteiger partial charge in [0.1, 0.15) is 11.9 Å². The SMILES string of the molecule is CNC(=O)[C@@H]1CN(Cc2nccn2C)CCO1. The quantitative estimate of drug-likeness (QED) is 0.761. The second kappa shape index (κ2) is 5.29. The van der Waals surface area contributed by atoms with Gasteiger partial charge in [-0.25, -0.2) is 4.98 Å². The average Bonchev–Trinajstić information content (AvgIpc) is 2.74. The summed E-state index contributed by atoms with van der Waals surface area (Å²) < 4.78 is 7.42. The highest BCUT2D eigenvalue weighted by molar-refractivity contribution is 5.80. The first-order valence-corrected chi connectivity index (χ1v) is 5.72. The van der Waals surface area contributed by atoms with Crippen molar-refractivity contribution < 1.29 is 9.53 Å². The normalized spacial score (nSPS) is 21.4. The van der Waals surface area contributed by atoms with Crippen molar-refractivity contribution in [2.75, 3.05) is 26.7 Å². The van der Waals surface area contributed by atoms with E-state index in [1.807, 2.05) is 17.8 Å².